The Hall–Kier alpha value is -3.59. The third-order valence-electron chi connectivity index (χ3n) is 4.48. The van der Waals surface area contributed by atoms with Gasteiger partial charge in [-0.2, -0.15) is 5.10 Å². The van der Waals surface area contributed by atoms with Crippen molar-refractivity contribution in [2.24, 2.45) is 12.1 Å². The van der Waals surface area contributed by atoms with Gasteiger partial charge in [0.2, 0.25) is 0 Å². The number of para-hydroxylation sites is 1. The summed E-state index contributed by atoms with van der Waals surface area (Å²) in [5.74, 6) is 0.613. The van der Waals surface area contributed by atoms with Crippen molar-refractivity contribution in [3.63, 3.8) is 0 Å². The maximum atomic E-state index is 12.9. The number of anilines is 1. The highest BCUT2D eigenvalue weighted by Gasteiger charge is 2.16. The maximum absolute atomic E-state index is 12.9. The molecule has 0 atom stereocenters. The lowest BCUT2D eigenvalue weighted by Crippen LogP contribution is -2.28. The minimum Gasteiger partial charge on any atom is -0.507 e. The minimum atomic E-state index is -0.224. The Bertz CT molecular complexity index is 1140. The monoisotopic (exact) mass is 425 g/mol. The predicted octanol–water partition coefficient (Wildman–Crippen LogP) is 2.91. The summed E-state index contributed by atoms with van der Waals surface area (Å²) in [5, 5.41) is 17.1. The Morgan fingerprint density at radius 1 is 1.27 bits per heavy atom. The number of nitrogens with zero attached hydrogens (tertiary/aromatic N) is 3. The first-order valence-electron chi connectivity index (χ1n) is 9.32. The van der Waals surface area contributed by atoms with Gasteiger partial charge in [-0.1, -0.05) is 18.2 Å². The Morgan fingerprint density at radius 3 is 2.67 bits per heavy atom. The summed E-state index contributed by atoms with van der Waals surface area (Å²) in [6, 6.07) is 14.3. The van der Waals surface area contributed by atoms with Crippen LogP contribution in [0.4, 0.5) is 5.69 Å². The SMILES string of the molecule is CCOc1ccc(/C=N/NC(=S)Nc2c(C)n(C)n(-c3ccccc3)c2=O)c(O)c1. The molecule has 0 aliphatic heterocycles. The second-order valence-electron chi connectivity index (χ2n) is 6.41. The van der Waals surface area contributed by atoms with E-state index in [2.05, 4.69) is 15.8 Å². The summed E-state index contributed by atoms with van der Waals surface area (Å²) < 4.78 is 8.64. The number of aromatic hydroxyl groups is 1. The molecule has 3 rings (SSSR count). The third-order valence-corrected chi connectivity index (χ3v) is 4.67. The molecule has 0 aliphatic rings. The molecule has 0 aliphatic carbocycles. The van der Waals surface area contributed by atoms with Crippen LogP contribution in [0, 0.1) is 6.92 Å². The highest BCUT2D eigenvalue weighted by Crippen LogP contribution is 2.22. The van der Waals surface area contributed by atoms with Gasteiger partial charge in [0.15, 0.2) is 5.11 Å². The second-order valence-corrected chi connectivity index (χ2v) is 6.82. The van der Waals surface area contributed by atoms with E-state index in [1.165, 1.54) is 12.3 Å². The summed E-state index contributed by atoms with van der Waals surface area (Å²) in [6.45, 7) is 4.21. The van der Waals surface area contributed by atoms with Crippen LogP contribution >= 0.6 is 12.2 Å². The van der Waals surface area contributed by atoms with E-state index in [0.29, 0.717) is 23.6 Å². The van der Waals surface area contributed by atoms with E-state index in [0.717, 1.165) is 11.4 Å². The molecule has 8 nitrogen and oxygen atoms in total. The highest BCUT2D eigenvalue weighted by molar-refractivity contribution is 7.80. The van der Waals surface area contributed by atoms with Gasteiger partial charge < -0.3 is 15.2 Å². The van der Waals surface area contributed by atoms with Crippen molar-refractivity contribution in [2.45, 2.75) is 13.8 Å². The van der Waals surface area contributed by atoms with Crippen molar-refractivity contribution >= 4 is 29.2 Å². The predicted molar refractivity (Wildman–Crippen MR) is 122 cm³/mol. The molecule has 0 spiro atoms. The molecule has 0 bridgehead atoms. The standard InChI is InChI=1S/C21H23N5O3S/c1-4-29-17-11-10-15(18(27)12-17)13-22-24-21(30)23-19-14(2)25(3)26(20(19)28)16-8-6-5-7-9-16/h5-13,27H,4H2,1-3H3,(H2,23,24,30)/b22-13+. The smallest absolute Gasteiger partial charge is 0.295 e. The van der Waals surface area contributed by atoms with Crippen molar-refractivity contribution in [3.05, 3.63) is 70.1 Å². The third kappa shape index (κ3) is 4.52. The molecule has 0 saturated heterocycles. The Morgan fingerprint density at radius 2 is 2.00 bits per heavy atom. The zero-order valence-electron chi connectivity index (χ0n) is 16.9. The number of thiocarbonyl (C=S) groups is 1. The van der Waals surface area contributed by atoms with Crippen molar-refractivity contribution in [1.82, 2.24) is 14.8 Å². The van der Waals surface area contributed by atoms with E-state index in [1.54, 1.807) is 28.5 Å². The van der Waals surface area contributed by atoms with Crippen LogP contribution in [-0.4, -0.2) is 32.4 Å². The molecule has 0 fully saturated rings. The van der Waals surface area contributed by atoms with Crippen LogP contribution in [0.25, 0.3) is 5.69 Å². The Labute approximate surface area is 179 Å². The lowest BCUT2D eigenvalue weighted by molar-refractivity contribution is 0.337. The maximum Gasteiger partial charge on any atom is 0.295 e. The fourth-order valence-corrected chi connectivity index (χ4v) is 3.06. The van der Waals surface area contributed by atoms with Gasteiger partial charge in [0.25, 0.3) is 5.56 Å². The Balaban J connectivity index is 1.71. The van der Waals surface area contributed by atoms with Gasteiger partial charge in [-0.05, 0) is 50.3 Å². The number of nitrogens with one attached hydrogen (secondary N) is 2. The van der Waals surface area contributed by atoms with Crippen LogP contribution in [0.15, 0.2) is 58.4 Å². The van der Waals surface area contributed by atoms with E-state index >= 15 is 0 Å². The molecule has 0 amide bonds. The van der Waals surface area contributed by atoms with Crippen LogP contribution in [0.3, 0.4) is 0 Å². The van der Waals surface area contributed by atoms with Crippen LogP contribution in [0.1, 0.15) is 18.2 Å². The van der Waals surface area contributed by atoms with Gasteiger partial charge in [0.1, 0.15) is 17.2 Å². The quantitative estimate of drug-likeness (QED) is 0.320. The van der Waals surface area contributed by atoms with Crippen LogP contribution in [0.5, 0.6) is 11.5 Å². The van der Waals surface area contributed by atoms with E-state index < -0.39 is 0 Å². The molecule has 9 heteroatoms. The van der Waals surface area contributed by atoms with E-state index in [4.69, 9.17) is 17.0 Å². The van der Waals surface area contributed by atoms with Gasteiger partial charge >= 0.3 is 0 Å². The number of hydrogen-bond donors (Lipinski definition) is 3. The van der Waals surface area contributed by atoms with E-state index in [1.807, 2.05) is 44.2 Å². The number of benzene rings is 2. The van der Waals surface area contributed by atoms with Gasteiger partial charge in [-0.3, -0.25) is 14.9 Å². The van der Waals surface area contributed by atoms with Gasteiger partial charge in [0, 0.05) is 18.7 Å². The second kappa shape index (κ2) is 9.27. The number of rotatable bonds is 6. The fraction of sp³-hybridized carbons (Fsp3) is 0.190. The van der Waals surface area contributed by atoms with E-state index in [-0.39, 0.29) is 16.4 Å². The average Bonchev–Trinajstić information content (AvgIpc) is 2.94. The van der Waals surface area contributed by atoms with Crippen LogP contribution in [0.2, 0.25) is 0 Å². The molecular formula is C21H23N5O3S. The summed E-state index contributed by atoms with van der Waals surface area (Å²) >= 11 is 5.25. The summed E-state index contributed by atoms with van der Waals surface area (Å²) in [4.78, 5) is 12.9. The van der Waals surface area contributed by atoms with Crippen LogP contribution in [-0.2, 0) is 7.05 Å². The lowest BCUT2D eigenvalue weighted by Gasteiger charge is -2.07. The summed E-state index contributed by atoms with van der Waals surface area (Å²) in [7, 11) is 1.80. The minimum absolute atomic E-state index is 0.0371. The summed E-state index contributed by atoms with van der Waals surface area (Å²) in [6.07, 6.45) is 1.43. The Kier molecular flexibility index (Phi) is 6.53. The van der Waals surface area contributed by atoms with Crippen LogP contribution < -0.4 is 21.0 Å². The first-order chi connectivity index (χ1) is 14.4. The van der Waals surface area contributed by atoms with Gasteiger partial charge in [0.05, 0.1) is 24.2 Å². The molecule has 3 N–H and O–H groups in total. The topological polar surface area (TPSA) is 92.8 Å². The van der Waals surface area contributed by atoms with Crippen molar-refractivity contribution in [1.29, 1.82) is 0 Å². The average molecular weight is 426 g/mol. The van der Waals surface area contributed by atoms with E-state index in [9.17, 15) is 9.90 Å². The molecule has 3 aromatic rings. The first kappa shape index (κ1) is 21.1. The molecular weight excluding hydrogens is 402 g/mol. The molecule has 1 aromatic heterocycles. The number of hydrogen-bond acceptors (Lipinski definition) is 5. The summed E-state index contributed by atoms with van der Waals surface area (Å²) in [5.41, 5.74) is 4.77. The van der Waals surface area contributed by atoms with Gasteiger partial charge in [-0.25, -0.2) is 4.68 Å². The molecule has 1 heterocycles. The molecule has 0 radical (unpaired) electrons. The number of aromatic nitrogens is 2. The zero-order valence-corrected chi connectivity index (χ0v) is 17.7. The number of phenolic OH excluding ortho intramolecular Hbond substituents is 1. The molecule has 30 heavy (non-hydrogen) atoms. The molecule has 0 unspecified atom stereocenters. The molecule has 2 aromatic carbocycles. The molecule has 0 saturated carbocycles. The van der Waals surface area contributed by atoms with Crippen molar-refractivity contribution in [3.8, 4) is 17.2 Å². The van der Waals surface area contributed by atoms with Crippen molar-refractivity contribution < 1.29 is 9.84 Å². The number of ether oxygens (including phenoxy) is 1. The lowest BCUT2D eigenvalue weighted by atomic mass is 10.2. The fourth-order valence-electron chi connectivity index (χ4n) is 2.90. The first-order valence-corrected chi connectivity index (χ1v) is 9.73. The largest absolute Gasteiger partial charge is 0.507 e. The normalized spacial score (nSPS) is 10.9. The zero-order chi connectivity index (χ0) is 21.7. The molecule has 156 valence electrons. The van der Waals surface area contributed by atoms with Crippen molar-refractivity contribution in [2.75, 3.05) is 11.9 Å². The highest BCUT2D eigenvalue weighted by atomic mass is 32.1. The van der Waals surface area contributed by atoms with Gasteiger partial charge in [-0.15, -0.1) is 0 Å². The number of hydrazone groups is 1. The number of phenols is 1.